The molecule has 1 rings (SSSR count). The van der Waals surface area contributed by atoms with Crippen molar-refractivity contribution in [3.63, 3.8) is 0 Å². The van der Waals surface area contributed by atoms with Crippen molar-refractivity contribution in [2.45, 2.75) is 40.2 Å². The summed E-state index contributed by atoms with van der Waals surface area (Å²) in [7, 11) is 0. The Kier molecular flexibility index (Phi) is 5.57. The van der Waals surface area contributed by atoms with Gasteiger partial charge in [-0.2, -0.15) is 0 Å². The average molecular weight is 299 g/mol. The Morgan fingerprint density at radius 1 is 1.29 bits per heavy atom. The minimum Gasteiger partial charge on any atom is -0.481 e. The maximum atomic E-state index is 12.1. The topological polar surface area (TPSA) is 98.7 Å². The SMILES string of the molecule is CC(C)CNC(=O)C(C)NC(=O)N1CCC(C)(C(=O)O)C1. The zero-order valence-electron chi connectivity index (χ0n) is 13.1. The zero-order chi connectivity index (χ0) is 16.2. The van der Waals surface area contributed by atoms with Gasteiger partial charge in [0.25, 0.3) is 0 Å². The quantitative estimate of drug-likeness (QED) is 0.694. The first-order valence-electron chi connectivity index (χ1n) is 7.22. The molecule has 7 nitrogen and oxygen atoms in total. The number of carbonyl (C=O) groups excluding carboxylic acids is 2. The molecule has 0 radical (unpaired) electrons. The maximum Gasteiger partial charge on any atom is 0.318 e. The van der Waals surface area contributed by atoms with Gasteiger partial charge >= 0.3 is 12.0 Å². The molecule has 0 aliphatic carbocycles. The van der Waals surface area contributed by atoms with E-state index in [4.69, 9.17) is 5.11 Å². The number of rotatable bonds is 5. The average Bonchev–Trinajstić information content (AvgIpc) is 2.80. The first-order valence-corrected chi connectivity index (χ1v) is 7.22. The van der Waals surface area contributed by atoms with Crippen molar-refractivity contribution in [3.05, 3.63) is 0 Å². The lowest BCUT2D eigenvalue weighted by atomic mass is 9.90. The van der Waals surface area contributed by atoms with Crippen LogP contribution in [0.2, 0.25) is 0 Å². The van der Waals surface area contributed by atoms with Crippen LogP contribution in [0.1, 0.15) is 34.1 Å². The van der Waals surface area contributed by atoms with Crippen LogP contribution < -0.4 is 10.6 Å². The highest BCUT2D eigenvalue weighted by Crippen LogP contribution is 2.29. The normalized spacial score (nSPS) is 23.0. The highest BCUT2D eigenvalue weighted by molar-refractivity contribution is 5.87. The highest BCUT2D eigenvalue weighted by atomic mass is 16.4. The van der Waals surface area contributed by atoms with Crippen molar-refractivity contribution in [1.29, 1.82) is 0 Å². The molecule has 0 saturated carbocycles. The van der Waals surface area contributed by atoms with Crippen LogP contribution in [-0.4, -0.2) is 53.6 Å². The number of likely N-dealkylation sites (tertiary alicyclic amines) is 1. The van der Waals surface area contributed by atoms with Gasteiger partial charge in [-0.25, -0.2) is 4.79 Å². The third-order valence-electron chi connectivity index (χ3n) is 3.69. The molecule has 0 spiro atoms. The number of carboxylic acids is 1. The van der Waals surface area contributed by atoms with Crippen LogP contribution in [0.5, 0.6) is 0 Å². The van der Waals surface area contributed by atoms with Gasteiger partial charge in [-0.3, -0.25) is 9.59 Å². The summed E-state index contributed by atoms with van der Waals surface area (Å²) >= 11 is 0. The number of nitrogens with zero attached hydrogens (tertiary/aromatic N) is 1. The molecule has 3 N–H and O–H groups in total. The molecule has 7 heteroatoms. The van der Waals surface area contributed by atoms with Crippen molar-refractivity contribution < 1.29 is 19.5 Å². The van der Waals surface area contributed by atoms with Crippen LogP contribution in [-0.2, 0) is 9.59 Å². The van der Waals surface area contributed by atoms with Crippen LogP contribution in [0.3, 0.4) is 0 Å². The number of carbonyl (C=O) groups is 3. The Hall–Kier alpha value is -1.79. The number of urea groups is 1. The third-order valence-corrected chi connectivity index (χ3v) is 3.69. The zero-order valence-corrected chi connectivity index (χ0v) is 13.1. The lowest BCUT2D eigenvalue weighted by Gasteiger charge is -2.22. The predicted octanol–water partition coefficient (Wildman–Crippen LogP) is 0.653. The molecule has 0 aromatic heterocycles. The molecule has 2 unspecified atom stereocenters. The molecule has 0 aromatic carbocycles. The first-order chi connectivity index (χ1) is 9.65. The monoisotopic (exact) mass is 299 g/mol. The van der Waals surface area contributed by atoms with Crippen LogP contribution >= 0.6 is 0 Å². The number of aliphatic carboxylic acids is 1. The predicted molar refractivity (Wildman–Crippen MR) is 77.8 cm³/mol. The van der Waals surface area contributed by atoms with Gasteiger partial charge in [0, 0.05) is 19.6 Å². The Bertz CT molecular complexity index is 424. The lowest BCUT2D eigenvalue weighted by molar-refractivity contribution is -0.147. The summed E-state index contributed by atoms with van der Waals surface area (Å²) in [5.74, 6) is -0.801. The Balaban J connectivity index is 2.47. The molecule has 21 heavy (non-hydrogen) atoms. The minimum atomic E-state index is -0.902. The molecule has 2 atom stereocenters. The fourth-order valence-corrected chi connectivity index (χ4v) is 2.11. The van der Waals surface area contributed by atoms with Crippen LogP contribution in [0.25, 0.3) is 0 Å². The second kappa shape index (κ2) is 6.78. The summed E-state index contributed by atoms with van der Waals surface area (Å²) in [5, 5.41) is 14.5. The molecule has 1 aliphatic rings. The van der Waals surface area contributed by atoms with Crippen molar-refractivity contribution in [2.24, 2.45) is 11.3 Å². The summed E-state index contributed by atoms with van der Waals surface area (Å²) in [4.78, 5) is 36.4. The van der Waals surface area contributed by atoms with Crippen molar-refractivity contribution >= 4 is 17.9 Å². The fraction of sp³-hybridized carbons (Fsp3) is 0.786. The summed E-state index contributed by atoms with van der Waals surface area (Å²) in [6.45, 7) is 8.31. The molecule has 1 saturated heterocycles. The Morgan fingerprint density at radius 2 is 1.90 bits per heavy atom. The molecule has 1 aliphatic heterocycles. The first kappa shape index (κ1) is 17.3. The summed E-state index contributed by atoms with van der Waals surface area (Å²) in [5.41, 5.74) is -0.902. The standard InChI is InChI=1S/C14H25N3O4/c1-9(2)7-15-11(18)10(3)16-13(21)17-6-5-14(4,8-17)12(19)20/h9-10H,5-8H2,1-4H3,(H,15,18)(H,16,21)(H,19,20). The largest absolute Gasteiger partial charge is 0.481 e. The van der Waals surface area contributed by atoms with E-state index in [0.29, 0.717) is 25.4 Å². The van der Waals surface area contributed by atoms with Crippen LogP contribution in [0.15, 0.2) is 0 Å². The van der Waals surface area contributed by atoms with Crippen LogP contribution in [0, 0.1) is 11.3 Å². The maximum absolute atomic E-state index is 12.1. The van der Waals surface area contributed by atoms with E-state index in [0.717, 1.165) is 0 Å². The van der Waals surface area contributed by atoms with E-state index >= 15 is 0 Å². The van der Waals surface area contributed by atoms with E-state index in [1.807, 2.05) is 13.8 Å². The van der Waals surface area contributed by atoms with E-state index in [1.54, 1.807) is 13.8 Å². The second-order valence-electron chi connectivity index (χ2n) is 6.35. The van der Waals surface area contributed by atoms with Crippen molar-refractivity contribution in [2.75, 3.05) is 19.6 Å². The third kappa shape index (κ3) is 4.61. The smallest absolute Gasteiger partial charge is 0.318 e. The van der Waals surface area contributed by atoms with Gasteiger partial charge in [0.15, 0.2) is 0 Å². The summed E-state index contributed by atoms with van der Waals surface area (Å²) < 4.78 is 0. The van der Waals surface area contributed by atoms with Gasteiger partial charge in [-0.15, -0.1) is 0 Å². The molecule has 1 heterocycles. The minimum absolute atomic E-state index is 0.161. The van der Waals surface area contributed by atoms with Crippen LogP contribution in [0.4, 0.5) is 4.79 Å². The molecule has 0 bridgehead atoms. The van der Waals surface area contributed by atoms with Gasteiger partial charge in [0.2, 0.25) is 5.91 Å². The van der Waals surface area contributed by atoms with Gasteiger partial charge in [0.1, 0.15) is 6.04 Å². The number of carboxylic acid groups (broad SMARTS) is 1. The Morgan fingerprint density at radius 3 is 2.38 bits per heavy atom. The lowest BCUT2D eigenvalue weighted by Crippen LogP contribution is -2.50. The summed E-state index contributed by atoms with van der Waals surface area (Å²) in [6, 6.07) is -1.04. The molecule has 1 fully saturated rings. The van der Waals surface area contributed by atoms with Gasteiger partial charge in [0.05, 0.1) is 5.41 Å². The van der Waals surface area contributed by atoms with E-state index in [1.165, 1.54) is 4.90 Å². The second-order valence-corrected chi connectivity index (χ2v) is 6.35. The van der Waals surface area contributed by atoms with E-state index in [2.05, 4.69) is 10.6 Å². The van der Waals surface area contributed by atoms with E-state index < -0.39 is 23.5 Å². The molecular weight excluding hydrogens is 274 g/mol. The molecular formula is C14H25N3O4. The summed E-state index contributed by atoms with van der Waals surface area (Å²) in [6.07, 6.45) is 0.420. The molecule has 120 valence electrons. The van der Waals surface area contributed by atoms with Crippen molar-refractivity contribution in [3.8, 4) is 0 Å². The highest BCUT2D eigenvalue weighted by Gasteiger charge is 2.42. The molecule has 3 amide bonds. The number of nitrogens with one attached hydrogen (secondary N) is 2. The van der Waals surface area contributed by atoms with E-state index in [-0.39, 0.29) is 12.5 Å². The van der Waals surface area contributed by atoms with Gasteiger partial charge < -0.3 is 20.6 Å². The fourth-order valence-electron chi connectivity index (χ4n) is 2.11. The number of hydrogen-bond donors (Lipinski definition) is 3. The van der Waals surface area contributed by atoms with Gasteiger partial charge in [-0.1, -0.05) is 13.8 Å². The van der Waals surface area contributed by atoms with E-state index in [9.17, 15) is 14.4 Å². The molecule has 0 aromatic rings. The number of amides is 3. The number of hydrogen-bond acceptors (Lipinski definition) is 3. The Labute approximate surface area is 125 Å². The van der Waals surface area contributed by atoms with Crippen molar-refractivity contribution in [1.82, 2.24) is 15.5 Å². The van der Waals surface area contributed by atoms with Gasteiger partial charge in [-0.05, 0) is 26.2 Å².